The number of benzene rings is 1. The fourth-order valence-electron chi connectivity index (χ4n) is 2.99. The SMILES string of the molecule is C=CCCC[C@H](CC)C(=O)N(CC)[C@H](C)[C@H](O)c1ccccc1. The Kier molecular flexibility index (Phi) is 8.64. The van der Waals surface area contributed by atoms with Crippen LogP contribution in [-0.2, 0) is 4.79 Å². The Morgan fingerprint density at radius 1 is 1.30 bits per heavy atom. The zero-order valence-corrected chi connectivity index (χ0v) is 14.7. The molecule has 0 aliphatic rings. The summed E-state index contributed by atoms with van der Waals surface area (Å²) in [6.45, 7) is 10.3. The zero-order chi connectivity index (χ0) is 17.2. The molecule has 0 saturated heterocycles. The third kappa shape index (κ3) is 5.51. The first kappa shape index (κ1) is 19.4. The standard InChI is InChI=1S/C20H31NO2/c1-5-8-10-13-17(6-2)20(23)21(7-3)16(4)19(22)18-14-11-9-12-15-18/h5,9,11-12,14-17,19,22H,1,6-8,10,13H2,2-4H3/t16-,17+,19+/m1/s1. The fraction of sp³-hybridized carbons (Fsp3) is 0.550. The molecule has 0 saturated carbocycles. The molecule has 0 radical (unpaired) electrons. The summed E-state index contributed by atoms with van der Waals surface area (Å²) in [5.74, 6) is 0.182. The maximum absolute atomic E-state index is 12.9. The highest BCUT2D eigenvalue weighted by Crippen LogP contribution is 2.24. The number of hydrogen-bond acceptors (Lipinski definition) is 2. The van der Waals surface area contributed by atoms with Crippen molar-refractivity contribution in [3.05, 3.63) is 48.6 Å². The molecular formula is C20H31NO2. The number of allylic oxidation sites excluding steroid dienone is 1. The highest BCUT2D eigenvalue weighted by atomic mass is 16.3. The van der Waals surface area contributed by atoms with Crippen molar-refractivity contribution in [1.29, 1.82) is 0 Å². The molecule has 0 spiro atoms. The van der Waals surface area contributed by atoms with Gasteiger partial charge in [0.1, 0.15) is 0 Å². The van der Waals surface area contributed by atoms with E-state index < -0.39 is 6.10 Å². The van der Waals surface area contributed by atoms with Gasteiger partial charge in [0.25, 0.3) is 0 Å². The van der Waals surface area contributed by atoms with Crippen molar-refractivity contribution in [1.82, 2.24) is 4.90 Å². The van der Waals surface area contributed by atoms with Crippen LogP contribution in [0.1, 0.15) is 58.1 Å². The van der Waals surface area contributed by atoms with E-state index in [4.69, 9.17) is 0 Å². The summed E-state index contributed by atoms with van der Waals surface area (Å²) in [5.41, 5.74) is 0.853. The Bertz CT molecular complexity index is 472. The number of aliphatic hydroxyl groups is 1. The van der Waals surface area contributed by atoms with Gasteiger partial charge in [0.05, 0.1) is 12.1 Å². The van der Waals surface area contributed by atoms with Gasteiger partial charge in [-0.15, -0.1) is 6.58 Å². The highest BCUT2D eigenvalue weighted by molar-refractivity contribution is 5.79. The first-order valence-corrected chi connectivity index (χ1v) is 8.71. The summed E-state index contributed by atoms with van der Waals surface area (Å²) in [6.07, 6.45) is 4.88. The second kappa shape index (κ2) is 10.2. The Morgan fingerprint density at radius 3 is 2.48 bits per heavy atom. The van der Waals surface area contributed by atoms with Crippen molar-refractivity contribution in [2.75, 3.05) is 6.54 Å². The number of carbonyl (C=O) groups excluding carboxylic acids is 1. The number of carbonyl (C=O) groups is 1. The fourth-order valence-corrected chi connectivity index (χ4v) is 2.99. The number of unbranched alkanes of at least 4 members (excludes halogenated alkanes) is 1. The van der Waals surface area contributed by atoms with Crippen molar-refractivity contribution in [2.24, 2.45) is 5.92 Å². The van der Waals surface area contributed by atoms with Gasteiger partial charge in [0.15, 0.2) is 0 Å². The molecule has 1 N–H and O–H groups in total. The molecule has 23 heavy (non-hydrogen) atoms. The van der Waals surface area contributed by atoms with Crippen molar-refractivity contribution in [3.8, 4) is 0 Å². The van der Waals surface area contributed by atoms with Crippen LogP contribution in [0, 0.1) is 5.92 Å². The van der Waals surface area contributed by atoms with Gasteiger partial charge in [-0.3, -0.25) is 4.79 Å². The Hall–Kier alpha value is -1.61. The van der Waals surface area contributed by atoms with Crippen LogP contribution in [0.3, 0.4) is 0 Å². The lowest BCUT2D eigenvalue weighted by Gasteiger charge is -2.34. The van der Waals surface area contributed by atoms with E-state index in [-0.39, 0.29) is 17.9 Å². The third-order valence-electron chi connectivity index (χ3n) is 4.52. The second-order valence-corrected chi connectivity index (χ2v) is 6.05. The molecule has 128 valence electrons. The molecule has 1 rings (SSSR count). The van der Waals surface area contributed by atoms with Crippen LogP contribution < -0.4 is 0 Å². The van der Waals surface area contributed by atoms with Crippen LogP contribution in [0.4, 0.5) is 0 Å². The normalized spacial score (nSPS) is 14.8. The van der Waals surface area contributed by atoms with E-state index in [1.165, 1.54) is 0 Å². The predicted molar refractivity (Wildman–Crippen MR) is 96.1 cm³/mol. The number of nitrogens with zero attached hydrogens (tertiary/aromatic N) is 1. The van der Waals surface area contributed by atoms with E-state index in [0.29, 0.717) is 6.54 Å². The van der Waals surface area contributed by atoms with E-state index in [2.05, 4.69) is 13.5 Å². The number of amides is 1. The van der Waals surface area contributed by atoms with Crippen molar-refractivity contribution in [2.45, 2.75) is 58.6 Å². The van der Waals surface area contributed by atoms with Crippen molar-refractivity contribution < 1.29 is 9.90 Å². The van der Waals surface area contributed by atoms with E-state index >= 15 is 0 Å². The first-order chi connectivity index (χ1) is 11.1. The maximum atomic E-state index is 12.9. The lowest BCUT2D eigenvalue weighted by atomic mass is 9.95. The van der Waals surface area contributed by atoms with Crippen LogP contribution in [0.5, 0.6) is 0 Å². The second-order valence-electron chi connectivity index (χ2n) is 6.05. The molecule has 0 unspecified atom stereocenters. The lowest BCUT2D eigenvalue weighted by Crippen LogP contribution is -2.44. The highest BCUT2D eigenvalue weighted by Gasteiger charge is 2.29. The predicted octanol–water partition coefficient (Wildman–Crippen LogP) is 4.34. The van der Waals surface area contributed by atoms with E-state index in [9.17, 15) is 9.90 Å². The molecule has 1 aromatic rings. The van der Waals surface area contributed by atoms with E-state index in [0.717, 1.165) is 31.2 Å². The number of rotatable bonds is 10. The smallest absolute Gasteiger partial charge is 0.226 e. The van der Waals surface area contributed by atoms with Gasteiger partial charge in [-0.05, 0) is 45.1 Å². The van der Waals surface area contributed by atoms with Crippen LogP contribution in [0.25, 0.3) is 0 Å². The molecule has 0 aromatic heterocycles. The average Bonchev–Trinajstić information content (AvgIpc) is 2.59. The van der Waals surface area contributed by atoms with Gasteiger partial charge in [-0.2, -0.15) is 0 Å². The van der Waals surface area contributed by atoms with Gasteiger partial charge < -0.3 is 10.0 Å². The quantitative estimate of drug-likeness (QED) is 0.515. The molecule has 0 aliphatic carbocycles. The molecule has 0 fully saturated rings. The van der Waals surface area contributed by atoms with Crippen molar-refractivity contribution >= 4 is 5.91 Å². The summed E-state index contributed by atoms with van der Waals surface area (Å²) in [5, 5.41) is 10.6. The topological polar surface area (TPSA) is 40.5 Å². The van der Waals surface area contributed by atoms with Crippen LogP contribution >= 0.6 is 0 Å². The summed E-state index contributed by atoms with van der Waals surface area (Å²) in [4.78, 5) is 14.7. The number of aliphatic hydroxyl groups excluding tert-OH is 1. The monoisotopic (exact) mass is 317 g/mol. The number of hydrogen-bond donors (Lipinski definition) is 1. The van der Waals surface area contributed by atoms with Crippen LogP contribution in [-0.4, -0.2) is 28.5 Å². The minimum atomic E-state index is -0.661. The molecule has 1 aromatic carbocycles. The Morgan fingerprint density at radius 2 is 1.96 bits per heavy atom. The summed E-state index contributed by atoms with van der Waals surface area (Å²) in [7, 11) is 0. The number of likely N-dealkylation sites (N-methyl/N-ethyl adjacent to an activating group) is 1. The largest absolute Gasteiger partial charge is 0.386 e. The van der Waals surface area contributed by atoms with E-state index in [1.807, 2.05) is 55.2 Å². The van der Waals surface area contributed by atoms with Gasteiger partial charge >= 0.3 is 0 Å². The van der Waals surface area contributed by atoms with Crippen LogP contribution in [0.2, 0.25) is 0 Å². The first-order valence-electron chi connectivity index (χ1n) is 8.71. The third-order valence-corrected chi connectivity index (χ3v) is 4.52. The molecule has 3 heteroatoms. The minimum Gasteiger partial charge on any atom is -0.386 e. The minimum absolute atomic E-state index is 0.0281. The van der Waals surface area contributed by atoms with Crippen molar-refractivity contribution in [3.63, 3.8) is 0 Å². The average molecular weight is 317 g/mol. The van der Waals surface area contributed by atoms with Gasteiger partial charge in [-0.25, -0.2) is 0 Å². The molecule has 3 atom stereocenters. The van der Waals surface area contributed by atoms with E-state index in [1.54, 1.807) is 0 Å². The summed E-state index contributed by atoms with van der Waals surface area (Å²) >= 11 is 0. The van der Waals surface area contributed by atoms with Gasteiger partial charge in [-0.1, -0.05) is 43.3 Å². The van der Waals surface area contributed by atoms with Gasteiger partial charge in [0.2, 0.25) is 5.91 Å². The lowest BCUT2D eigenvalue weighted by molar-refractivity contribution is -0.140. The van der Waals surface area contributed by atoms with Gasteiger partial charge in [0, 0.05) is 12.5 Å². The molecule has 1 amide bonds. The Labute approximate surface area is 141 Å². The molecule has 0 heterocycles. The molecule has 0 aliphatic heterocycles. The Balaban J connectivity index is 2.79. The molecule has 0 bridgehead atoms. The molecule has 3 nitrogen and oxygen atoms in total. The zero-order valence-electron chi connectivity index (χ0n) is 14.7. The van der Waals surface area contributed by atoms with Crippen LogP contribution in [0.15, 0.2) is 43.0 Å². The maximum Gasteiger partial charge on any atom is 0.226 e. The summed E-state index contributed by atoms with van der Waals surface area (Å²) in [6, 6.07) is 9.32. The molecular weight excluding hydrogens is 286 g/mol. The summed E-state index contributed by atoms with van der Waals surface area (Å²) < 4.78 is 0.